The van der Waals surface area contributed by atoms with Crippen LogP contribution in [0.15, 0.2) is 45.6 Å². The molecular weight excluding hydrogens is 292 g/mol. The zero-order valence-electron chi connectivity index (χ0n) is 13.3. The van der Waals surface area contributed by atoms with Crippen LogP contribution in [0.2, 0.25) is 0 Å². The van der Waals surface area contributed by atoms with Gasteiger partial charge < -0.3 is 14.7 Å². The summed E-state index contributed by atoms with van der Waals surface area (Å²) in [6, 6.07) is 10.6. The van der Waals surface area contributed by atoms with Gasteiger partial charge >= 0.3 is 0 Å². The zero-order chi connectivity index (χ0) is 16.6. The number of benzene rings is 1. The Morgan fingerprint density at radius 2 is 1.96 bits per heavy atom. The summed E-state index contributed by atoms with van der Waals surface area (Å²) >= 11 is 0. The molecule has 3 aromatic rings. The summed E-state index contributed by atoms with van der Waals surface area (Å²) in [5, 5.41) is 4.20. The highest BCUT2D eigenvalue weighted by Gasteiger charge is 2.17. The summed E-state index contributed by atoms with van der Waals surface area (Å²) in [6.45, 7) is 5.61. The fourth-order valence-electron chi connectivity index (χ4n) is 2.77. The maximum absolute atomic E-state index is 12.4. The molecule has 0 spiro atoms. The van der Waals surface area contributed by atoms with Gasteiger partial charge in [0.2, 0.25) is 0 Å². The second-order valence-corrected chi connectivity index (χ2v) is 5.66. The van der Waals surface area contributed by atoms with E-state index < -0.39 is 0 Å². The van der Waals surface area contributed by atoms with Crippen LogP contribution < -0.4 is 10.9 Å². The highest BCUT2D eigenvalue weighted by Crippen LogP contribution is 2.21. The van der Waals surface area contributed by atoms with Crippen molar-refractivity contribution in [3.63, 3.8) is 0 Å². The van der Waals surface area contributed by atoms with Crippen LogP contribution in [0.5, 0.6) is 0 Å². The molecule has 3 rings (SSSR count). The molecule has 5 nitrogen and oxygen atoms in total. The Morgan fingerprint density at radius 1 is 1.22 bits per heavy atom. The van der Waals surface area contributed by atoms with Crippen LogP contribution in [0.4, 0.5) is 0 Å². The molecule has 0 saturated carbocycles. The van der Waals surface area contributed by atoms with Crippen LogP contribution in [-0.4, -0.2) is 10.9 Å². The lowest BCUT2D eigenvalue weighted by molar-refractivity contribution is 0.0934. The van der Waals surface area contributed by atoms with E-state index in [0.29, 0.717) is 5.39 Å². The second-order valence-electron chi connectivity index (χ2n) is 5.66. The van der Waals surface area contributed by atoms with Gasteiger partial charge in [-0.3, -0.25) is 9.59 Å². The third-order valence-electron chi connectivity index (χ3n) is 3.89. The zero-order valence-corrected chi connectivity index (χ0v) is 13.3. The first-order valence-electron chi connectivity index (χ1n) is 7.45. The first-order chi connectivity index (χ1) is 11.0. The number of hydrogen-bond acceptors (Lipinski definition) is 3. The first kappa shape index (κ1) is 15.1. The lowest BCUT2D eigenvalue weighted by Gasteiger charge is -2.13. The maximum atomic E-state index is 12.4. The number of aromatic amines is 1. The molecule has 0 aliphatic rings. The minimum atomic E-state index is -0.321. The molecule has 0 unspecified atom stereocenters. The number of H-pyrrole nitrogens is 1. The Balaban J connectivity index is 1.89. The predicted molar refractivity (Wildman–Crippen MR) is 88.6 cm³/mol. The number of amides is 1. The van der Waals surface area contributed by atoms with Crippen molar-refractivity contribution in [1.82, 2.24) is 10.3 Å². The minimum Gasteiger partial charge on any atom is -0.466 e. The lowest BCUT2D eigenvalue weighted by atomic mass is 10.1. The fourth-order valence-corrected chi connectivity index (χ4v) is 2.77. The molecular formula is C18H18N2O3. The van der Waals surface area contributed by atoms with E-state index in [1.165, 1.54) is 0 Å². The smallest absolute Gasteiger partial charge is 0.268 e. The molecule has 1 atom stereocenters. The molecule has 0 aliphatic carbocycles. The number of hydrogen-bond donors (Lipinski definition) is 2. The van der Waals surface area contributed by atoms with E-state index in [9.17, 15) is 9.59 Å². The third-order valence-corrected chi connectivity index (χ3v) is 3.89. The quantitative estimate of drug-likeness (QED) is 0.780. The van der Waals surface area contributed by atoms with E-state index >= 15 is 0 Å². The van der Waals surface area contributed by atoms with Gasteiger partial charge in [0.25, 0.3) is 11.5 Å². The second kappa shape index (κ2) is 5.76. The number of rotatable bonds is 3. The number of carbonyl (C=O) groups excluding carboxylic acids is 1. The molecule has 0 saturated heterocycles. The lowest BCUT2D eigenvalue weighted by Crippen LogP contribution is -2.29. The summed E-state index contributed by atoms with van der Waals surface area (Å²) in [6.07, 6.45) is 0. The average molecular weight is 310 g/mol. The van der Waals surface area contributed by atoms with Crippen LogP contribution in [0.1, 0.15) is 40.5 Å². The number of fused-ring (bicyclic) bond motifs is 1. The predicted octanol–water partition coefficient (Wildman–Crippen LogP) is 3.23. The van der Waals surface area contributed by atoms with Gasteiger partial charge in [-0.25, -0.2) is 0 Å². The molecule has 2 N–H and O–H groups in total. The van der Waals surface area contributed by atoms with Crippen molar-refractivity contribution in [2.45, 2.75) is 26.8 Å². The summed E-state index contributed by atoms with van der Waals surface area (Å²) in [5.74, 6) is 1.26. The molecule has 0 fully saturated rings. The van der Waals surface area contributed by atoms with E-state index in [1.807, 2.05) is 39.0 Å². The summed E-state index contributed by atoms with van der Waals surface area (Å²) in [4.78, 5) is 27.1. The van der Waals surface area contributed by atoms with Crippen LogP contribution >= 0.6 is 0 Å². The number of furan rings is 1. The number of aromatic nitrogens is 1. The Bertz CT molecular complexity index is 937. The van der Waals surface area contributed by atoms with Crippen molar-refractivity contribution in [2.24, 2.45) is 0 Å². The Morgan fingerprint density at radius 3 is 2.65 bits per heavy atom. The van der Waals surface area contributed by atoms with Gasteiger partial charge in [0.15, 0.2) is 0 Å². The van der Waals surface area contributed by atoms with Crippen molar-refractivity contribution in [3.05, 3.63) is 69.5 Å². The number of carbonyl (C=O) groups is 1. The molecule has 0 bridgehead atoms. The average Bonchev–Trinajstić information content (AvgIpc) is 2.86. The molecule has 0 radical (unpaired) electrons. The van der Waals surface area contributed by atoms with Gasteiger partial charge in [-0.15, -0.1) is 0 Å². The maximum Gasteiger partial charge on any atom is 0.268 e. The SMILES string of the molecule is Cc1cc([C@H](C)NC(=O)c2cc3ccccc3c(=O)[nH]2)c(C)o1. The van der Waals surface area contributed by atoms with Crippen LogP contribution in [0.3, 0.4) is 0 Å². The van der Waals surface area contributed by atoms with Crippen LogP contribution in [0, 0.1) is 13.8 Å². The molecule has 118 valence electrons. The number of pyridine rings is 1. The Labute approximate surface area is 133 Å². The van der Waals surface area contributed by atoms with Crippen LogP contribution in [-0.2, 0) is 0 Å². The molecule has 2 heterocycles. The molecule has 2 aromatic heterocycles. The molecule has 5 heteroatoms. The first-order valence-corrected chi connectivity index (χ1v) is 7.45. The van der Waals surface area contributed by atoms with Crippen molar-refractivity contribution in [2.75, 3.05) is 0 Å². The van der Waals surface area contributed by atoms with Crippen molar-refractivity contribution in [1.29, 1.82) is 0 Å². The van der Waals surface area contributed by atoms with E-state index in [0.717, 1.165) is 22.5 Å². The highest BCUT2D eigenvalue weighted by atomic mass is 16.3. The molecule has 1 aromatic carbocycles. The van der Waals surface area contributed by atoms with Gasteiger partial charge in [0, 0.05) is 10.9 Å². The largest absolute Gasteiger partial charge is 0.466 e. The fraction of sp³-hybridized carbons (Fsp3) is 0.222. The highest BCUT2D eigenvalue weighted by molar-refractivity contribution is 5.96. The summed E-state index contributed by atoms with van der Waals surface area (Å²) < 4.78 is 5.49. The number of nitrogens with one attached hydrogen (secondary N) is 2. The van der Waals surface area contributed by atoms with Gasteiger partial charge in [0.05, 0.1) is 6.04 Å². The molecule has 23 heavy (non-hydrogen) atoms. The molecule has 0 aliphatic heterocycles. The van der Waals surface area contributed by atoms with Crippen molar-refractivity contribution in [3.8, 4) is 0 Å². The summed E-state index contributed by atoms with van der Waals surface area (Å²) in [5.41, 5.74) is 0.911. The summed E-state index contributed by atoms with van der Waals surface area (Å²) in [7, 11) is 0. The third kappa shape index (κ3) is 2.90. The van der Waals surface area contributed by atoms with E-state index in [-0.39, 0.29) is 23.2 Å². The Kier molecular flexibility index (Phi) is 3.78. The van der Waals surface area contributed by atoms with E-state index in [2.05, 4.69) is 10.3 Å². The minimum absolute atomic E-state index is 0.213. The van der Waals surface area contributed by atoms with Gasteiger partial charge in [-0.05, 0) is 44.4 Å². The standard InChI is InChI=1S/C18H18N2O3/c1-10-8-15(12(3)23-10)11(2)19-18(22)16-9-13-6-4-5-7-14(13)17(21)20-16/h4-9,11H,1-3H3,(H,19,22)(H,20,21)/t11-/m0/s1. The number of aryl methyl sites for hydroxylation is 2. The van der Waals surface area contributed by atoms with E-state index in [4.69, 9.17) is 4.42 Å². The van der Waals surface area contributed by atoms with Crippen LogP contribution in [0.25, 0.3) is 10.8 Å². The monoisotopic (exact) mass is 310 g/mol. The van der Waals surface area contributed by atoms with Crippen molar-refractivity contribution < 1.29 is 9.21 Å². The Hall–Kier alpha value is -2.82. The normalized spacial score (nSPS) is 12.3. The van der Waals surface area contributed by atoms with Gasteiger partial charge in [0.1, 0.15) is 17.2 Å². The van der Waals surface area contributed by atoms with Gasteiger partial charge in [-0.1, -0.05) is 18.2 Å². The topological polar surface area (TPSA) is 75.1 Å². The van der Waals surface area contributed by atoms with Gasteiger partial charge in [-0.2, -0.15) is 0 Å². The van der Waals surface area contributed by atoms with Crippen molar-refractivity contribution >= 4 is 16.7 Å². The van der Waals surface area contributed by atoms with E-state index in [1.54, 1.807) is 18.2 Å². The molecule has 1 amide bonds.